The lowest BCUT2D eigenvalue weighted by Crippen LogP contribution is -2.55. The fourth-order valence-corrected chi connectivity index (χ4v) is 2.43. The Balaban J connectivity index is 1.61. The maximum absolute atomic E-state index is 12.2. The van der Waals surface area contributed by atoms with Crippen molar-refractivity contribution >= 4 is 5.91 Å². The minimum Gasteiger partial charge on any atom is -0.375 e. The normalized spacial score (nSPS) is 21.5. The molecular formula is C15H19N5O2. The van der Waals surface area contributed by atoms with Crippen molar-refractivity contribution in [1.29, 1.82) is 0 Å². The van der Waals surface area contributed by atoms with Gasteiger partial charge in [0, 0.05) is 31.7 Å². The summed E-state index contributed by atoms with van der Waals surface area (Å²) in [4.78, 5) is 16.5. The van der Waals surface area contributed by atoms with Gasteiger partial charge in [-0.25, -0.2) is 9.67 Å². The van der Waals surface area contributed by atoms with Crippen molar-refractivity contribution in [3.8, 4) is 5.82 Å². The summed E-state index contributed by atoms with van der Waals surface area (Å²) in [6.07, 6.45) is 5.12. The topological polar surface area (TPSA) is 81.1 Å². The number of carbonyl (C=O) groups excluding carboxylic acids is 1. The second kappa shape index (κ2) is 6.67. The molecule has 1 aliphatic rings. The van der Waals surface area contributed by atoms with Crippen LogP contribution < -0.4 is 10.6 Å². The molecule has 1 fully saturated rings. The number of aromatic nitrogens is 3. The molecule has 22 heavy (non-hydrogen) atoms. The standard InChI is InChI=1S/C15H19N5O2/c1-11-14(17-6-8-22-11)15(21)18-10-12-3-5-16-13(9-12)20-7-2-4-19-20/h2-5,7,9,11,14,17H,6,8,10H2,1H3,(H,18,21)/t11-,14+/m1/s1. The van der Waals surface area contributed by atoms with Crippen LogP contribution in [0.2, 0.25) is 0 Å². The number of pyridine rings is 1. The molecule has 0 aliphatic carbocycles. The molecule has 0 spiro atoms. The lowest BCUT2D eigenvalue weighted by Gasteiger charge is -2.29. The van der Waals surface area contributed by atoms with Crippen LogP contribution in [0, 0.1) is 0 Å². The summed E-state index contributed by atoms with van der Waals surface area (Å²) in [5.74, 6) is 0.675. The Labute approximate surface area is 128 Å². The first-order valence-electron chi connectivity index (χ1n) is 7.32. The Morgan fingerprint density at radius 3 is 3.23 bits per heavy atom. The Kier molecular flexibility index (Phi) is 4.45. The zero-order chi connectivity index (χ0) is 15.4. The predicted octanol–water partition coefficient (Wildman–Crippen LogP) is 0.260. The van der Waals surface area contributed by atoms with E-state index >= 15 is 0 Å². The monoisotopic (exact) mass is 301 g/mol. The number of nitrogens with zero attached hydrogens (tertiary/aromatic N) is 3. The van der Waals surface area contributed by atoms with Gasteiger partial charge in [0.25, 0.3) is 0 Å². The van der Waals surface area contributed by atoms with E-state index in [1.54, 1.807) is 17.1 Å². The largest absolute Gasteiger partial charge is 0.375 e. The van der Waals surface area contributed by atoms with Gasteiger partial charge in [-0.3, -0.25) is 4.79 Å². The first-order valence-corrected chi connectivity index (χ1v) is 7.32. The molecular weight excluding hydrogens is 282 g/mol. The predicted molar refractivity (Wildman–Crippen MR) is 80.4 cm³/mol. The summed E-state index contributed by atoms with van der Waals surface area (Å²) in [5, 5.41) is 10.3. The van der Waals surface area contributed by atoms with E-state index in [0.717, 1.165) is 11.4 Å². The van der Waals surface area contributed by atoms with Crippen molar-refractivity contribution in [3.05, 3.63) is 42.4 Å². The maximum atomic E-state index is 12.2. The highest BCUT2D eigenvalue weighted by molar-refractivity contribution is 5.82. The van der Waals surface area contributed by atoms with Gasteiger partial charge in [-0.2, -0.15) is 5.10 Å². The molecule has 7 heteroatoms. The molecule has 1 saturated heterocycles. The lowest BCUT2D eigenvalue weighted by atomic mass is 10.1. The molecule has 0 bridgehead atoms. The highest BCUT2D eigenvalue weighted by Crippen LogP contribution is 2.07. The number of ether oxygens (including phenoxy) is 1. The lowest BCUT2D eigenvalue weighted by molar-refractivity contribution is -0.129. The summed E-state index contributed by atoms with van der Waals surface area (Å²) < 4.78 is 7.17. The smallest absolute Gasteiger partial charge is 0.240 e. The molecule has 7 nitrogen and oxygen atoms in total. The van der Waals surface area contributed by atoms with Crippen molar-refractivity contribution in [2.45, 2.75) is 25.6 Å². The van der Waals surface area contributed by atoms with Gasteiger partial charge in [-0.1, -0.05) is 0 Å². The minimum absolute atomic E-state index is 0.0512. The average molecular weight is 301 g/mol. The quantitative estimate of drug-likeness (QED) is 0.847. The van der Waals surface area contributed by atoms with Gasteiger partial charge < -0.3 is 15.4 Å². The van der Waals surface area contributed by atoms with Crippen LogP contribution in [-0.4, -0.2) is 46.0 Å². The number of amides is 1. The molecule has 1 amide bonds. The Hall–Kier alpha value is -2.25. The number of carbonyl (C=O) groups is 1. The van der Waals surface area contributed by atoms with E-state index in [1.165, 1.54) is 0 Å². The second-order valence-electron chi connectivity index (χ2n) is 5.20. The molecule has 2 aromatic rings. The van der Waals surface area contributed by atoms with E-state index in [9.17, 15) is 4.79 Å². The zero-order valence-electron chi connectivity index (χ0n) is 12.4. The van der Waals surface area contributed by atoms with E-state index < -0.39 is 0 Å². The van der Waals surface area contributed by atoms with Crippen molar-refractivity contribution in [1.82, 2.24) is 25.4 Å². The molecule has 2 N–H and O–H groups in total. The average Bonchev–Trinajstić information content (AvgIpc) is 3.08. The van der Waals surface area contributed by atoms with Gasteiger partial charge >= 0.3 is 0 Å². The van der Waals surface area contributed by atoms with Crippen LogP contribution in [0.25, 0.3) is 5.82 Å². The van der Waals surface area contributed by atoms with Crippen LogP contribution in [0.15, 0.2) is 36.8 Å². The van der Waals surface area contributed by atoms with Gasteiger partial charge in [0.15, 0.2) is 5.82 Å². The summed E-state index contributed by atoms with van der Waals surface area (Å²) >= 11 is 0. The second-order valence-corrected chi connectivity index (χ2v) is 5.20. The van der Waals surface area contributed by atoms with Crippen molar-refractivity contribution in [2.75, 3.05) is 13.2 Å². The van der Waals surface area contributed by atoms with Crippen molar-refractivity contribution in [2.24, 2.45) is 0 Å². The van der Waals surface area contributed by atoms with Crippen molar-refractivity contribution < 1.29 is 9.53 Å². The first kappa shape index (κ1) is 14.7. The Morgan fingerprint density at radius 2 is 2.45 bits per heavy atom. The van der Waals surface area contributed by atoms with Crippen LogP contribution in [0.3, 0.4) is 0 Å². The summed E-state index contributed by atoms with van der Waals surface area (Å²) in [6, 6.07) is 5.32. The summed E-state index contributed by atoms with van der Waals surface area (Å²) in [6.45, 7) is 3.68. The number of nitrogens with one attached hydrogen (secondary N) is 2. The van der Waals surface area contributed by atoms with Gasteiger partial charge in [-0.15, -0.1) is 0 Å². The third kappa shape index (κ3) is 3.32. The van der Waals surface area contributed by atoms with E-state index in [-0.39, 0.29) is 18.1 Å². The molecule has 0 aromatic carbocycles. The molecule has 116 valence electrons. The minimum atomic E-state index is -0.304. The number of rotatable bonds is 4. The molecule has 3 rings (SSSR count). The fraction of sp³-hybridized carbons (Fsp3) is 0.400. The number of hydrogen-bond donors (Lipinski definition) is 2. The highest BCUT2D eigenvalue weighted by atomic mass is 16.5. The Morgan fingerprint density at radius 1 is 1.55 bits per heavy atom. The van der Waals surface area contributed by atoms with Gasteiger partial charge in [-0.05, 0) is 30.7 Å². The number of morpholine rings is 1. The molecule has 1 aliphatic heterocycles. The van der Waals surface area contributed by atoms with Gasteiger partial charge in [0.2, 0.25) is 5.91 Å². The fourth-order valence-electron chi connectivity index (χ4n) is 2.43. The summed E-state index contributed by atoms with van der Waals surface area (Å²) in [5.41, 5.74) is 0.971. The molecule has 0 radical (unpaired) electrons. The van der Waals surface area contributed by atoms with E-state index in [2.05, 4.69) is 20.7 Å². The Bertz CT molecular complexity index is 629. The summed E-state index contributed by atoms with van der Waals surface area (Å²) in [7, 11) is 0. The SMILES string of the molecule is C[C@H]1OCCN[C@@H]1C(=O)NCc1ccnc(-n2cccn2)c1. The zero-order valence-corrected chi connectivity index (χ0v) is 12.4. The van der Waals surface area contributed by atoms with Crippen LogP contribution >= 0.6 is 0 Å². The van der Waals surface area contributed by atoms with Gasteiger partial charge in [0.05, 0.1) is 12.7 Å². The van der Waals surface area contributed by atoms with E-state index in [0.29, 0.717) is 19.7 Å². The van der Waals surface area contributed by atoms with E-state index in [1.807, 2.05) is 31.3 Å². The molecule has 0 unspecified atom stereocenters. The molecule has 2 atom stereocenters. The van der Waals surface area contributed by atoms with Crippen LogP contribution in [-0.2, 0) is 16.1 Å². The van der Waals surface area contributed by atoms with Crippen LogP contribution in [0.5, 0.6) is 0 Å². The van der Waals surface area contributed by atoms with E-state index in [4.69, 9.17) is 4.74 Å². The third-order valence-electron chi connectivity index (χ3n) is 3.61. The van der Waals surface area contributed by atoms with Gasteiger partial charge in [0.1, 0.15) is 6.04 Å². The van der Waals surface area contributed by atoms with Crippen molar-refractivity contribution in [3.63, 3.8) is 0 Å². The van der Waals surface area contributed by atoms with Crippen LogP contribution in [0.4, 0.5) is 0 Å². The molecule has 3 heterocycles. The maximum Gasteiger partial charge on any atom is 0.240 e. The first-order chi connectivity index (χ1) is 10.7. The highest BCUT2D eigenvalue weighted by Gasteiger charge is 2.27. The third-order valence-corrected chi connectivity index (χ3v) is 3.61. The molecule has 2 aromatic heterocycles. The van der Waals surface area contributed by atoms with Crippen LogP contribution in [0.1, 0.15) is 12.5 Å². The number of hydrogen-bond acceptors (Lipinski definition) is 5. The molecule has 0 saturated carbocycles.